The second kappa shape index (κ2) is 6.01. The van der Waals surface area contributed by atoms with Gasteiger partial charge >= 0.3 is 0 Å². The molecule has 0 amide bonds. The van der Waals surface area contributed by atoms with Gasteiger partial charge in [-0.3, -0.25) is 4.90 Å². The third-order valence-corrected chi connectivity index (χ3v) is 5.48. The number of nitrogens with zero attached hydrogens (tertiary/aromatic N) is 1. The molecule has 0 heterocycles. The van der Waals surface area contributed by atoms with Crippen molar-refractivity contribution in [2.45, 2.75) is 31.7 Å². The Morgan fingerprint density at radius 1 is 1.29 bits per heavy atom. The lowest BCUT2D eigenvalue weighted by atomic mass is 9.88. The lowest BCUT2D eigenvalue weighted by molar-refractivity contribution is 0.173. The van der Waals surface area contributed by atoms with E-state index < -0.39 is 11.6 Å². The first kappa shape index (κ1) is 14.9. The zero-order valence-electron chi connectivity index (χ0n) is 12.6. The molecule has 3 rings (SSSR count). The van der Waals surface area contributed by atoms with Gasteiger partial charge in [0.1, 0.15) is 11.6 Å². The van der Waals surface area contributed by atoms with Gasteiger partial charge in [-0.15, -0.1) is 0 Å². The van der Waals surface area contributed by atoms with Crippen LogP contribution in [0.5, 0.6) is 0 Å². The Labute approximate surface area is 125 Å². The number of hydrogen-bond donors (Lipinski definition) is 1. The van der Waals surface area contributed by atoms with Crippen molar-refractivity contribution in [2.24, 2.45) is 23.5 Å². The highest BCUT2D eigenvalue weighted by Crippen LogP contribution is 2.48. The van der Waals surface area contributed by atoms with Gasteiger partial charge in [0.2, 0.25) is 0 Å². The van der Waals surface area contributed by atoms with Crippen LogP contribution >= 0.6 is 0 Å². The fourth-order valence-electron chi connectivity index (χ4n) is 4.41. The Balaban J connectivity index is 1.70. The van der Waals surface area contributed by atoms with Gasteiger partial charge in [0.25, 0.3) is 0 Å². The Kier molecular flexibility index (Phi) is 4.27. The number of fused-ring (bicyclic) bond motifs is 2. The first-order valence-electron chi connectivity index (χ1n) is 7.93. The lowest BCUT2D eigenvalue weighted by Crippen LogP contribution is -2.36. The summed E-state index contributed by atoms with van der Waals surface area (Å²) in [6.45, 7) is 1.31. The molecule has 116 valence electrons. The Bertz CT molecular complexity index is 506. The standard InChI is InChI=1S/C17H24F2N2/c1-21(10-13-7-11-2-3-12(13)6-11)17(9-20)15-5-4-14(18)8-16(15)19/h4-5,8,11-13,17H,2-3,6-7,9-10,20H2,1H3. The summed E-state index contributed by atoms with van der Waals surface area (Å²) in [5, 5.41) is 0. The molecule has 0 aliphatic heterocycles. The molecule has 0 saturated heterocycles. The zero-order chi connectivity index (χ0) is 15.0. The van der Waals surface area contributed by atoms with E-state index >= 15 is 0 Å². The molecule has 2 aliphatic rings. The minimum Gasteiger partial charge on any atom is -0.329 e. The maximum atomic E-state index is 14.0. The molecule has 21 heavy (non-hydrogen) atoms. The van der Waals surface area contributed by atoms with Crippen LogP contribution in [0, 0.1) is 29.4 Å². The van der Waals surface area contributed by atoms with Crippen LogP contribution in [0.25, 0.3) is 0 Å². The molecular formula is C17H24F2N2. The highest BCUT2D eigenvalue weighted by molar-refractivity contribution is 5.22. The van der Waals surface area contributed by atoms with Crippen LogP contribution in [0.1, 0.15) is 37.3 Å². The van der Waals surface area contributed by atoms with E-state index in [0.717, 1.165) is 24.4 Å². The number of rotatable bonds is 5. The highest BCUT2D eigenvalue weighted by Gasteiger charge is 2.40. The van der Waals surface area contributed by atoms with Gasteiger partial charge in [0.05, 0.1) is 0 Å². The topological polar surface area (TPSA) is 29.3 Å². The van der Waals surface area contributed by atoms with E-state index in [2.05, 4.69) is 4.90 Å². The van der Waals surface area contributed by atoms with Gasteiger partial charge in [-0.05, 0) is 50.1 Å². The van der Waals surface area contributed by atoms with Crippen molar-refractivity contribution in [3.8, 4) is 0 Å². The average Bonchev–Trinajstić information content (AvgIpc) is 3.04. The minimum atomic E-state index is -0.539. The predicted octanol–water partition coefficient (Wildman–Crippen LogP) is 3.33. The molecule has 1 aromatic rings. The molecule has 0 aromatic heterocycles. The molecule has 2 bridgehead atoms. The maximum absolute atomic E-state index is 14.0. The van der Waals surface area contributed by atoms with E-state index in [1.807, 2.05) is 7.05 Å². The number of halogens is 2. The fraction of sp³-hybridized carbons (Fsp3) is 0.647. The number of likely N-dealkylation sites (N-methyl/N-ethyl adjacent to an activating group) is 1. The molecule has 2 N–H and O–H groups in total. The van der Waals surface area contributed by atoms with Crippen LogP contribution in [-0.2, 0) is 0 Å². The van der Waals surface area contributed by atoms with Crippen LogP contribution in [-0.4, -0.2) is 25.0 Å². The van der Waals surface area contributed by atoms with E-state index in [4.69, 9.17) is 5.73 Å². The minimum absolute atomic E-state index is 0.176. The van der Waals surface area contributed by atoms with E-state index in [0.29, 0.717) is 18.0 Å². The highest BCUT2D eigenvalue weighted by atomic mass is 19.1. The molecule has 2 nitrogen and oxygen atoms in total. The summed E-state index contributed by atoms with van der Waals surface area (Å²) >= 11 is 0. The van der Waals surface area contributed by atoms with Crippen LogP contribution in [0.2, 0.25) is 0 Å². The van der Waals surface area contributed by atoms with E-state index in [1.165, 1.54) is 37.8 Å². The Morgan fingerprint density at radius 2 is 2.10 bits per heavy atom. The molecular weight excluding hydrogens is 270 g/mol. The van der Waals surface area contributed by atoms with Crippen molar-refractivity contribution in [1.29, 1.82) is 0 Å². The first-order chi connectivity index (χ1) is 10.1. The molecule has 1 aromatic carbocycles. The van der Waals surface area contributed by atoms with Crippen molar-refractivity contribution < 1.29 is 8.78 Å². The smallest absolute Gasteiger partial charge is 0.130 e. The summed E-state index contributed by atoms with van der Waals surface area (Å²) in [5.74, 6) is 1.43. The van der Waals surface area contributed by atoms with Crippen molar-refractivity contribution in [1.82, 2.24) is 4.90 Å². The van der Waals surface area contributed by atoms with Gasteiger partial charge in [-0.25, -0.2) is 8.78 Å². The summed E-state index contributed by atoms with van der Waals surface area (Å²) < 4.78 is 27.0. The molecule has 0 radical (unpaired) electrons. The van der Waals surface area contributed by atoms with Crippen molar-refractivity contribution >= 4 is 0 Å². The van der Waals surface area contributed by atoms with Crippen molar-refractivity contribution in [3.05, 3.63) is 35.4 Å². The number of nitrogens with two attached hydrogens (primary N) is 1. The summed E-state index contributed by atoms with van der Waals surface area (Å²) in [6.07, 6.45) is 5.41. The van der Waals surface area contributed by atoms with E-state index in [-0.39, 0.29) is 6.04 Å². The molecule has 4 unspecified atom stereocenters. The van der Waals surface area contributed by atoms with Crippen LogP contribution < -0.4 is 5.73 Å². The van der Waals surface area contributed by atoms with Crippen LogP contribution in [0.3, 0.4) is 0 Å². The van der Waals surface area contributed by atoms with E-state index in [9.17, 15) is 8.78 Å². The summed E-state index contributed by atoms with van der Waals surface area (Å²) in [7, 11) is 2.01. The second-order valence-electron chi connectivity index (χ2n) is 6.79. The van der Waals surface area contributed by atoms with Gasteiger partial charge in [0.15, 0.2) is 0 Å². The van der Waals surface area contributed by atoms with Gasteiger partial charge in [-0.2, -0.15) is 0 Å². The maximum Gasteiger partial charge on any atom is 0.130 e. The molecule has 2 aliphatic carbocycles. The second-order valence-corrected chi connectivity index (χ2v) is 6.79. The van der Waals surface area contributed by atoms with Crippen LogP contribution in [0.4, 0.5) is 8.78 Å². The number of benzene rings is 1. The van der Waals surface area contributed by atoms with Gasteiger partial charge in [-0.1, -0.05) is 12.5 Å². The summed E-state index contributed by atoms with van der Waals surface area (Å²) in [4.78, 5) is 2.15. The lowest BCUT2D eigenvalue weighted by Gasteiger charge is -2.32. The molecule has 2 fully saturated rings. The summed E-state index contributed by atoms with van der Waals surface area (Å²) in [6, 6.07) is 3.61. The number of hydrogen-bond acceptors (Lipinski definition) is 2. The van der Waals surface area contributed by atoms with Gasteiger partial charge < -0.3 is 5.73 Å². The van der Waals surface area contributed by atoms with Crippen LogP contribution in [0.15, 0.2) is 18.2 Å². The SMILES string of the molecule is CN(CC1CC2CCC1C2)C(CN)c1ccc(F)cc1F. The fourth-order valence-corrected chi connectivity index (χ4v) is 4.41. The van der Waals surface area contributed by atoms with Crippen molar-refractivity contribution in [3.63, 3.8) is 0 Å². The Hall–Kier alpha value is -1.00. The molecule has 4 heteroatoms. The normalized spacial score (nSPS) is 29.3. The predicted molar refractivity (Wildman–Crippen MR) is 79.7 cm³/mol. The Morgan fingerprint density at radius 3 is 2.67 bits per heavy atom. The largest absolute Gasteiger partial charge is 0.329 e. The molecule has 2 saturated carbocycles. The van der Waals surface area contributed by atoms with Crippen molar-refractivity contribution in [2.75, 3.05) is 20.1 Å². The van der Waals surface area contributed by atoms with Gasteiger partial charge in [0, 0.05) is 30.8 Å². The zero-order valence-corrected chi connectivity index (χ0v) is 12.6. The third-order valence-electron chi connectivity index (χ3n) is 5.48. The molecule has 0 spiro atoms. The first-order valence-corrected chi connectivity index (χ1v) is 7.93. The summed E-state index contributed by atoms with van der Waals surface area (Å²) in [5.41, 5.74) is 6.36. The third kappa shape index (κ3) is 2.97. The monoisotopic (exact) mass is 294 g/mol. The average molecular weight is 294 g/mol. The molecule has 4 atom stereocenters. The van der Waals surface area contributed by atoms with E-state index in [1.54, 1.807) is 0 Å². The quantitative estimate of drug-likeness (QED) is 0.902.